The molecule has 2 atom stereocenters. The fraction of sp³-hybridized carbons (Fsp3) is 0.667. The van der Waals surface area contributed by atoms with Crippen LogP contribution in [-0.4, -0.2) is 37.0 Å². The van der Waals surface area contributed by atoms with Crippen molar-refractivity contribution in [2.75, 3.05) is 20.1 Å². The van der Waals surface area contributed by atoms with Crippen LogP contribution in [0.1, 0.15) is 33.6 Å². The van der Waals surface area contributed by atoms with E-state index in [2.05, 4.69) is 37.1 Å². The molecule has 1 amide bonds. The Bertz CT molecular complexity index is 407. The monoisotopic (exact) mass is 248 g/mol. The lowest BCUT2D eigenvalue weighted by Crippen LogP contribution is -2.56. The molecular formula is C15H24N2O. The molecule has 1 aliphatic carbocycles. The van der Waals surface area contributed by atoms with Gasteiger partial charge in [0.2, 0.25) is 5.91 Å². The highest BCUT2D eigenvalue weighted by Crippen LogP contribution is 2.44. The van der Waals surface area contributed by atoms with Gasteiger partial charge in [0.25, 0.3) is 0 Å². The Balaban J connectivity index is 2.40. The number of hydrogen-bond donors (Lipinski definition) is 1. The number of carbonyl (C=O) groups excluding carboxylic acids is 1. The summed E-state index contributed by atoms with van der Waals surface area (Å²) in [6.45, 7) is 8.92. The maximum Gasteiger partial charge on any atom is 0.248 e. The number of amides is 1. The number of nitrogens with one attached hydrogen (secondary N) is 1. The number of hydrogen-bond acceptors (Lipinski definition) is 2. The molecule has 1 aliphatic heterocycles. The van der Waals surface area contributed by atoms with Gasteiger partial charge < -0.3 is 5.32 Å². The van der Waals surface area contributed by atoms with Crippen LogP contribution in [0.4, 0.5) is 0 Å². The second-order valence-corrected chi connectivity index (χ2v) is 5.61. The number of rotatable bonds is 3. The molecule has 0 bridgehead atoms. The van der Waals surface area contributed by atoms with Gasteiger partial charge in [-0.2, -0.15) is 0 Å². The lowest BCUT2D eigenvalue weighted by Gasteiger charge is -2.50. The van der Waals surface area contributed by atoms with Crippen LogP contribution >= 0.6 is 0 Å². The third-order valence-electron chi connectivity index (χ3n) is 4.79. The summed E-state index contributed by atoms with van der Waals surface area (Å²) in [5.74, 6) is 0.0651. The molecule has 1 saturated heterocycles. The summed E-state index contributed by atoms with van der Waals surface area (Å²) in [6.07, 6.45) is 6.43. The van der Waals surface area contributed by atoms with E-state index < -0.39 is 0 Å². The van der Waals surface area contributed by atoms with E-state index in [0.29, 0.717) is 0 Å². The third kappa shape index (κ3) is 1.91. The second-order valence-electron chi connectivity index (χ2n) is 5.61. The number of allylic oxidation sites excluding steroid dienone is 2. The Morgan fingerprint density at radius 1 is 1.50 bits per heavy atom. The molecule has 18 heavy (non-hydrogen) atoms. The molecule has 0 saturated carbocycles. The molecule has 2 rings (SSSR count). The summed E-state index contributed by atoms with van der Waals surface area (Å²) in [5, 5.41) is 2.78. The number of nitrogens with zero attached hydrogens (tertiary/aromatic N) is 1. The molecule has 3 nitrogen and oxygen atoms in total. The first-order valence-electron chi connectivity index (χ1n) is 6.89. The van der Waals surface area contributed by atoms with Crippen molar-refractivity contribution in [1.82, 2.24) is 10.2 Å². The SMILES string of the molecule is CCC1(C)C(C)=CC=C(C(=O)NC)C1N1CCC1. The largest absolute Gasteiger partial charge is 0.355 e. The van der Waals surface area contributed by atoms with E-state index in [0.717, 1.165) is 25.1 Å². The van der Waals surface area contributed by atoms with E-state index in [1.807, 2.05) is 6.08 Å². The number of likely N-dealkylation sites (N-methyl/N-ethyl adjacent to an activating group) is 1. The van der Waals surface area contributed by atoms with Crippen LogP contribution in [0.2, 0.25) is 0 Å². The second kappa shape index (κ2) is 4.88. The van der Waals surface area contributed by atoms with Crippen molar-refractivity contribution in [2.45, 2.75) is 39.7 Å². The topological polar surface area (TPSA) is 32.3 Å². The van der Waals surface area contributed by atoms with E-state index in [1.165, 1.54) is 12.0 Å². The minimum Gasteiger partial charge on any atom is -0.355 e. The lowest BCUT2D eigenvalue weighted by atomic mass is 9.67. The molecule has 1 heterocycles. The van der Waals surface area contributed by atoms with E-state index in [4.69, 9.17) is 0 Å². The zero-order valence-corrected chi connectivity index (χ0v) is 11.9. The zero-order chi connectivity index (χ0) is 13.3. The van der Waals surface area contributed by atoms with E-state index in [9.17, 15) is 4.79 Å². The Labute approximate surface area is 110 Å². The minimum absolute atomic E-state index is 0.0651. The smallest absolute Gasteiger partial charge is 0.248 e. The summed E-state index contributed by atoms with van der Waals surface area (Å²) < 4.78 is 0. The van der Waals surface area contributed by atoms with Crippen molar-refractivity contribution < 1.29 is 4.79 Å². The summed E-state index contributed by atoms with van der Waals surface area (Å²) in [5.41, 5.74) is 2.39. The van der Waals surface area contributed by atoms with Gasteiger partial charge in [0.15, 0.2) is 0 Å². The Morgan fingerprint density at radius 3 is 2.61 bits per heavy atom. The Kier molecular flexibility index (Phi) is 3.62. The van der Waals surface area contributed by atoms with Crippen LogP contribution in [0.3, 0.4) is 0 Å². The first-order chi connectivity index (χ1) is 8.54. The van der Waals surface area contributed by atoms with Crippen LogP contribution in [-0.2, 0) is 4.79 Å². The first kappa shape index (κ1) is 13.3. The van der Waals surface area contributed by atoms with Gasteiger partial charge in [0.05, 0.1) is 0 Å². The molecule has 2 unspecified atom stereocenters. The molecule has 2 aliphatic rings. The average molecular weight is 248 g/mol. The average Bonchev–Trinajstić information content (AvgIpc) is 2.32. The van der Waals surface area contributed by atoms with Crippen molar-refractivity contribution in [3.05, 3.63) is 23.3 Å². The van der Waals surface area contributed by atoms with Crippen molar-refractivity contribution in [1.29, 1.82) is 0 Å². The highest BCUT2D eigenvalue weighted by atomic mass is 16.1. The quantitative estimate of drug-likeness (QED) is 0.829. The molecule has 100 valence electrons. The molecular weight excluding hydrogens is 224 g/mol. The molecule has 0 aromatic heterocycles. The van der Waals surface area contributed by atoms with Crippen molar-refractivity contribution in [2.24, 2.45) is 5.41 Å². The molecule has 0 aromatic rings. The van der Waals surface area contributed by atoms with Crippen LogP contribution in [0.15, 0.2) is 23.3 Å². The third-order valence-corrected chi connectivity index (χ3v) is 4.79. The highest BCUT2D eigenvalue weighted by molar-refractivity contribution is 5.95. The van der Waals surface area contributed by atoms with Gasteiger partial charge in [-0.05, 0) is 19.8 Å². The minimum atomic E-state index is 0.0651. The summed E-state index contributed by atoms with van der Waals surface area (Å²) >= 11 is 0. The summed E-state index contributed by atoms with van der Waals surface area (Å²) in [4.78, 5) is 14.5. The zero-order valence-electron chi connectivity index (χ0n) is 11.9. The summed E-state index contributed by atoms with van der Waals surface area (Å²) in [6, 6.07) is 0.237. The van der Waals surface area contributed by atoms with Gasteiger partial charge >= 0.3 is 0 Å². The maximum absolute atomic E-state index is 12.1. The molecule has 3 heteroatoms. The number of likely N-dealkylation sites (tertiary alicyclic amines) is 1. The molecule has 1 fully saturated rings. The standard InChI is InChI=1S/C15H24N2O/c1-5-15(3)11(2)7-8-12(14(18)16-4)13(15)17-9-6-10-17/h7-8,13H,5-6,9-10H2,1-4H3,(H,16,18). The van der Waals surface area contributed by atoms with Crippen molar-refractivity contribution >= 4 is 5.91 Å². The molecule has 1 N–H and O–H groups in total. The fourth-order valence-electron chi connectivity index (χ4n) is 3.07. The Morgan fingerprint density at radius 2 is 2.17 bits per heavy atom. The van der Waals surface area contributed by atoms with Gasteiger partial charge in [0.1, 0.15) is 0 Å². The summed E-state index contributed by atoms with van der Waals surface area (Å²) in [7, 11) is 1.71. The van der Waals surface area contributed by atoms with Gasteiger partial charge in [-0.25, -0.2) is 0 Å². The van der Waals surface area contributed by atoms with Crippen LogP contribution in [0, 0.1) is 5.41 Å². The fourth-order valence-corrected chi connectivity index (χ4v) is 3.07. The van der Waals surface area contributed by atoms with Gasteiger partial charge in [-0.3, -0.25) is 9.69 Å². The van der Waals surface area contributed by atoms with Gasteiger partial charge in [0, 0.05) is 37.2 Å². The highest BCUT2D eigenvalue weighted by Gasteiger charge is 2.45. The van der Waals surface area contributed by atoms with E-state index in [-0.39, 0.29) is 17.4 Å². The van der Waals surface area contributed by atoms with E-state index >= 15 is 0 Å². The van der Waals surface area contributed by atoms with Crippen LogP contribution in [0.25, 0.3) is 0 Å². The first-order valence-corrected chi connectivity index (χ1v) is 6.89. The van der Waals surface area contributed by atoms with Crippen molar-refractivity contribution in [3.63, 3.8) is 0 Å². The normalized spacial score (nSPS) is 32.3. The molecule has 0 radical (unpaired) electrons. The predicted molar refractivity (Wildman–Crippen MR) is 74.3 cm³/mol. The van der Waals surface area contributed by atoms with Crippen LogP contribution < -0.4 is 5.32 Å². The van der Waals surface area contributed by atoms with E-state index in [1.54, 1.807) is 7.05 Å². The number of carbonyl (C=O) groups is 1. The van der Waals surface area contributed by atoms with Gasteiger partial charge in [-0.1, -0.05) is 31.6 Å². The van der Waals surface area contributed by atoms with Crippen LogP contribution in [0.5, 0.6) is 0 Å². The maximum atomic E-state index is 12.1. The molecule has 0 spiro atoms. The molecule has 0 aromatic carbocycles. The van der Waals surface area contributed by atoms with Crippen molar-refractivity contribution in [3.8, 4) is 0 Å². The predicted octanol–water partition coefficient (Wildman–Crippen LogP) is 2.11. The Hall–Kier alpha value is -1.09. The van der Waals surface area contributed by atoms with Gasteiger partial charge in [-0.15, -0.1) is 0 Å². The lowest BCUT2D eigenvalue weighted by molar-refractivity contribution is -0.118.